The summed E-state index contributed by atoms with van der Waals surface area (Å²) in [6.45, 7) is 17.8. The summed E-state index contributed by atoms with van der Waals surface area (Å²) >= 11 is 0. The number of nitrogens with zero attached hydrogens (tertiary/aromatic N) is 1. The molecule has 1 fully saturated rings. The van der Waals surface area contributed by atoms with Gasteiger partial charge in [0.2, 0.25) is 5.91 Å². The molecule has 0 bridgehead atoms. The first-order chi connectivity index (χ1) is 19.4. The van der Waals surface area contributed by atoms with Crippen molar-refractivity contribution >= 4 is 26.2 Å². The molecule has 13 heteroatoms. The first-order valence-electron chi connectivity index (χ1n) is 14.5. The van der Waals surface area contributed by atoms with Crippen molar-refractivity contribution in [2.45, 2.75) is 122 Å². The summed E-state index contributed by atoms with van der Waals surface area (Å²) in [6, 6.07) is -0.502. The number of hydrogen-bond donors (Lipinski definition) is 2. The van der Waals surface area contributed by atoms with Crippen molar-refractivity contribution in [1.82, 2.24) is 15.5 Å². The number of amides is 3. The summed E-state index contributed by atoms with van der Waals surface area (Å²) in [5.74, 6) is -4.94. The van der Waals surface area contributed by atoms with Crippen LogP contribution in [0.4, 0.5) is 22.4 Å². The summed E-state index contributed by atoms with van der Waals surface area (Å²) < 4.78 is 68.1. The Morgan fingerprint density at radius 2 is 1.58 bits per heavy atom. The molecular formula is C30H47F4N3O5Si. The molecule has 8 nitrogen and oxygen atoms in total. The highest BCUT2D eigenvalue weighted by molar-refractivity contribution is 6.74. The van der Waals surface area contributed by atoms with Gasteiger partial charge in [-0.3, -0.25) is 9.59 Å². The molecule has 3 atom stereocenters. The van der Waals surface area contributed by atoms with Crippen molar-refractivity contribution in [3.8, 4) is 0 Å². The van der Waals surface area contributed by atoms with Crippen molar-refractivity contribution in [2.24, 2.45) is 0 Å². The number of likely N-dealkylation sites (tertiary alicyclic amines) is 1. The van der Waals surface area contributed by atoms with E-state index in [1.807, 2.05) is 0 Å². The largest absolute Gasteiger partial charge is 0.444 e. The van der Waals surface area contributed by atoms with Gasteiger partial charge in [-0.25, -0.2) is 22.4 Å². The highest BCUT2D eigenvalue weighted by Gasteiger charge is 2.44. The first kappa shape index (κ1) is 36.5. The highest BCUT2D eigenvalue weighted by atomic mass is 28.4. The molecule has 2 rings (SSSR count). The third-order valence-corrected chi connectivity index (χ3v) is 12.2. The number of halogens is 4. The zero-order valence-corrected chi connectivity index (χ0v) is 27.9. The van der Waals surface area contributed by atoms with Crippen molar-refractivity contribution in [2.75, 3.05) is 13.1 Å². The second-order valence-electron chi connectivity index (χ2n) is 14.2. The molecule has 1 heterocycles. The second-order valence-corrected chi connectivity index (χ2v) is 19.0. The van der Waals surface area contributed by atoms with Crippen LogP contribution >= 0.6 is 0 Å². The van der Waals surface area contributed by atoms with Crippen molar-refractivity contribution in [3.63, 3.8) is 0 Å². The number of carbonyl (C=O) groups excluding carboxylic acids is 3. The number of rotatable bonds is 10. The Labute approximate surface area is 253 Å². The Bertz CT molecular complexity index is 1180. The lowest BCUT2D eigenvalue weighted by Crippen LogP contribution is -2.49. The summed E-state index contributed by atoms with van der Waals surface area (Å²) in [4.78, 5) is 40.2. The monoisotopic (exact) mass is 633 g/mol. The molecule has 0 spiro atoms. The zero-order chi connectivity index (χ0) is 33.1. The Kier molecular flexibility index (Phi) is 11.5. The van der Waals surface area contributed by atoms with Gasteiger partial charge in [0, 0.05) is 31.6 Å². The lowest BCUT2D eigenvalue weighted by molar-refractivity contribution is -0.134. The van der Waals surface area contributed by atoms with Crippen LogP contribution in [0.15, 0.2) is 12.1 Å². The second kappa shape index (κ2) is 13.5. The van der Waals surface area contributed by atoms with Crippen LogP contribution in [0, 0.1) is 17.5 Å². The van der Waals surface area contributed by atoms with Gasteiger partial charge in [0.25, 0.3) is 5.91 Å². The molecule has 3 amide bonds. The molecule has 43 heavy (non-hydrogen) atoms. The Morgan fingerprint density at radius 1 is 1.00 bits per heavy atom. The third kappa shape index (κ3) is 10.8. The fourth-order valence-corrected chi connectivity index (χ4v) is 5.79. The van der Waals surface area contributed by atoms with E-state index in [1.165, 1.54) is 4.90 Å². The van der Waals surface area contributed by atoms with Gasteiger partial charge in [-0.1, -0.05) is 20.8 Å². The number of alkyl carbamates (subject to hydrolysis) is 1. The molecule has 1 aromatic rings. The van der Waals surface area contributed by atoms with E-state index in [1.54, 1.807) is 20.8 Å². The Morgan fingerprint density at radius 3 is 2.12 bits per heavy atom. The maximum Gasteiger partial charge on any atom is 0.407 e. The number of ether oxygens (including phenoxy) is 1. The van der Waals surface area contributed by atoms with Gasteiger partial charge in [-0.2, -0.15) is 0 Å². The predicted molar refractivity (Wildman–Crippen MR) is 158 cm³/mol. The number of carbonyl (C=O) groups is 3. The highest BCUT2D eigenvalue weighted by Crippen LogP contribution is 2.39. The molecule has 1 aromatic carbocycles. The minimum atomic E-state index is -2.25. The number of alkyl halides is 1. The maximum absolute atomic E-state index is 14.5. The smallest absolute Gasteiger partial charge is 0.407 e. The summed E-state index contributed by atoms with van der Waals surface area (Å²) in [5, 5.41) is 5.01. The quantitative estimate of drug-likeness (QED) is 0.193. The van der Waals surface area contributed by atoms with Crippen molar-refractivity contribution < 1.29 is 41.1 Å². The van der Waals surface area contributed by atoms with Crippen LogP contribution in [0.1, 0.15) is 73.8 Å². The average molecular weight is 634 g/mol. The fraction of sp³-hybridized carbons (Fsp3) is 0.700. The molecule has 0 aromatic heterocycles. The molecule has 1 aliphatic heterocycles. The lowest BCUT2D eigenvalue weighted by atomic mass is 10.0. The van der Waals surface area contributed by atoms with E-state index in [0.717, 1.165) is 13.8 Å². The normalized spacial score (nSPS) is 18.8. The van der Waals surface area contributed by atoms with Gasteiger partial charge < -0.3 is 24.7 Å². The van der Waals surface area contributed by atoms with E-state index < -0.39 is 67.0 Å². The van der Waals surface area contributed by atoms with E-state index in [-0.39, 0.29) is 42.6 Å². The average Bonchev–Trinajstić information content (AvgIpc) is 3.20. The minimum absolute atomic E-state index is 0.0305. The van der Waals surface area contributed by atoms with E-state index >= 15 is 0 Å². The van der Waals surface area contributed by atoms with Crippen LogP contribution in [0.25, 0.3) is 0 Å². The minimum Gasteiger partial charge on any atom is -0.444 e. The topological polar surface area (TPSA) is 97.0 Å². The molecule has 1 aliphatic rings. The Balaban J connectivity index is 2.34. The SMILES string of the molecule is CC(C)(C)OC(=O)N[C@@H](CC(=O)N1C[C@H](O[Si](C)(C)C(C)(C)C)C[C@H]1CNC(=O)C(C)(C)F)Cc1cc(F)c(F)cc1F. The lowest BCUT2D eigenvalue weighted by Gasteiger charge is -2.38. The predicted octanol–water partition coefficient (Wildman–Crippen LogP) is 5.79. The van der Waals surface area contributed by atoms with Crippen LogP contribution in [0.3, 0.4) is 0 Å². The number of hydrogen-bond acceptors (Lipinski definition) is 5. The van der Waals surface area contributed by atoms with Gasteiger partial charge >= 0.3 is 6.09 Å². The van der Waals surface area contributed by atoms with Crippen LogP contribution in [0.2, 0.25) is 18.1 Å². The van der Waals surface area contributed by atoms with Crippen LogP contribution in [-0.2, 0) is 25.2 Å². The van der Waals surface area contributed by atoms with Crippen LogP contribution in [0.5, 0.6) is 0 Å². The molecule has 1 saturated heterocycles. The molecular weight excluding hydrogens is 586 g/mol. The number of benzene rings is 1. The van der Waals surface area contributed by atoms with E-state index in [0.29, 0.717) is 18.6 Å². The van der Waals surface area contributed by atoms with Gasteiger partial charge in [0.1, 0.15) is 11.4 Å². The first-order valence-corrected chi connectivity index (χ1v) is 17.4. The maximum atomic E-state index is 14.5. The van der Waals surface area contributed by atoms with Gasteiger partial charge in [-0.15, -0.1) is 0 Å². The summed E-state index contributed by atoms with van der Waals surface area (Å²) in [5.41, 5.74) is -3.23. The third-order valence-electron chi connectivity index (χ3n) is 7.70. The van der Waals surface area contributed by atoms with Gasteiger partial charge in [0.15, 0.2) is 25.6 Å². The van der Waals surface area contributed by atoms with Gasteiger partial charge in [0.05, 0.1) is 12.1 Å². The fourth-order valence-electron chi connectivity index (χ4n) is 4.43. The van der Waals surface area contributed by atoms with E-state index in [4.69, 9.17) is 9.16 Å². The molecule has 244 valence electrons. The van der Waals surface area contributed by atoms with Crippen molar-refractivity contribution in [1.29, 1.82) is 0 Å². The standard InChI is InChI=1S/C30H47F4N3O5Si/c1-28(2,3)41-27(40)36-19(11-18-12-23(32)24(33)15-22(18)31)13-25(38)37-17-21(42-43(9,10)29(4,5)6)14-20(37)16-35-26(39)30(7,8)34/h12,15,19-21H,11,13-14,16-17H2,1-10H3,(H,35,39)(H,36,40)/t19-,20+,21-/m1/s1. The van der Waals surface area contributed by atoms with E-state index in [2.05, 4.69) is 44.5 Å². The van der Waals surface area contributed by atoms with Crippen LogP contribution in [-0.4, -0.2) is 73.7 Å². The summed E-state index contributed by atoms with van der Waals surface area (Å²) in [6.07, 6.45) is -1.52. The molecule has 0 aliphatic carbocycles. The zero-order valence-electron chi connectivity index (χ0n) is 26.9. The summed E-state index contributed by atoms with van der Waals surface area (Å²) in [7, 11) is -2.25. The van der Waals surface area contributed by atoms with E-state index in [9.17, 15) is 31.9 Å². The van der Waals surface area contributed by atoms with Crippen molar-refractivity contribution in [3.05, 3.63) is 35.1 Å². The molecule has 0 saturated carbocycles. The molecule has 0 radical (unpaired) electrons. The molecule has 2 N–H and O–H groups in total. The van der Waals surface area contributed by atoms with Gasteiger partial charge in [-0.05, 0) is 77.2 Å². The molecule has 0 unspecified atom stereocenters. The number of nitrogens with one attached hydrogen (secondary N) is 2. The van der Waals surface area contributed by atoms with Crippen LogP contribution < -0.4 is 10.6 Å². The Hall–Kier alpha value is -2.67.